The van der Waals surface area contributed by atoms with Crippen molar-refractivity contribution in [2.45, 2.75) is 139 Å². The van der Waals surface area contributed by atoms with E-state index in [1.165, 1.54) is 98.7 Å². The average molecular weight is 1160 g/mol. The summed E-state index contributed by atoms with van der Waals surface area (Å²) in [5.74, 6) is -1.25. The fourth-order valence-electron chi connectivity index (χ4n) is 11.9. The van der Waals surface area contributed by atoms with Crippen LogP contribution in [-0.4, -0.2) is 38.2 Å². The minimum absolute atomic E-state index is 0.0130. The van der Waals surface area contributed by atoms with Crippen molar-refractivity contribution in [1.82, 2.24) is 0 Å². The molecule has 6 aromatic rings. The first-order chi connectivity index (χ1) is 33.5. The van der Waals surface area contributed by atoms with E-state index in [9.17, 15) is 17.0 Å². The summed E-state index contributed by atoms with van der Waals surface area (Å²) in [6, 6.07) is 47.7. The summed E-state index contributed by atoms with van der Waals surface area (Å²) in [7, 11) is 12.0. The Balaban J connectivity index is 1.49. The van der Waals surface area contributed by atoms with Crippen LogP contribution in [0.3, 0.4) is 0 Å². The molecule has 0 aliphatic heterocycles. The zero-order valence-electron chi connectivity index (χ0n) is 47.3. The standard InChI is InChI=1S/2C31H39Si2.C2H7Si.2ClH.Zr/c2*1-9-22(2)25-17-24-15-16-29(23-13-11-10-12-14-23)31(30(24)20-25)26-18-27(32(3,4)5)21-28(19-26)33(6,7)8;1-3-2;;;/h2*10-22H,9H2,1-8H3;3H,1-2H3;2*1H;/q;;;;;+2/p-2. The number of hydrogen-bond donors (Lipinski definition) is 0. The third-order valence-electron chi connectivity index (χ3n) is 17.1. The van der Waals surface area contributed by atoms with Crippen molar-refractivity contribution in [3.05, 3.63) is 155 Å². The van der Waals surface area contributed by atoms with E-state index in [1.54, 1.807) is 0 Å². The van der Waals surface area contributed by atoms with Gasteiger partial charge in [0.2, 0.25) is 0 Å². The monoisotopic (exact) mass is 1150 g/mol. The molecule has 0 spiro atoms. The molecular weight excluding hydrogens is 1070 g/mol. The second kappa shape index (κ2) is 20.0. The predicted molar refractivity (Wildman–Crippen MR) is 337 cm³/mol. The number of fused-ring (bicyclic) bond motifs is 2. The van der Waals surface area contributed by atoms with Gasteiger partial charge in [-0.1, -0.05) is 0 Å². The fourth-order valence-corrected chi connectivity index (χ4v) is 48.2. The van der Waals surface area contributed by atoms with E-state index in [-0.39, 0.29) is 7.25 Å². The first-order valence-corrected chi connectivity index (χ1v) is 57.6. The average Bonchev–Trinajstić information content (AvgIpc) is 3.93. The molecule has 2 aliphatic carbocycles. The van der Waals surface area contributed by atoms with Gasteiger partial charge in [0.05, 0.1) is 0 Å². The van der Waals surface area contributed by atoms with Gasteiger partial charge in [-0.25, -0.2) is 0 Å². The van der Waals surface area contributed by atoms with Gasteiger partial charge in [-0.05, 0) is 0 Å². The van der Waals surface area contributed by atoms with Crippen LogP contribution >= 0.6 is 17.0 Å². The van der Waals surface area contributed by atoms with E-state index in [2.05, 4.69) is 253 Å². The number of hydrogen-bond acceptors (Lipinski definition) is 0. The van der Waals surface area contributed by atoms with Crippen molar-refractivity contribution in [1.29, 1.82) is 0 Å². The molecule has 0 heterocycles. The quantitative estimate of drug-likeness (QED) is 0.0899. The maximum absolute atomic E-state index is 9.42. The van der Waals surface area contributed by atoms with Crippen molar-refractivity contribution < 1.29 is 15.6 Å². The Morgan fingerprint density at radius 3 is 1.01 bits per heavy atom. The molecule has 8 rings (SSSR count). The van der Waals surface area contributed by atoms with Crippen molar-refractivity contribution >= 4 is 88.1 Å². The van der Waals surface area contributed by atoms with Gasteiger partial charge in [0.15, 0.2) is 0 Å². The van der Waals surface area contributed by atoms with Crippen LogP contribution in [0.1, 0.15) is 70.0 Å². The molecule has 8 heteroatoms. The molecule has 0 N–H and O–H groups in total. The van der Waals surface area contributed by atoms with Gasteiger partial charge in [0, 0.05) is 0 Å². The second-order valence-corrected chi connectivity index (χ2v) is 89.3. The summed E-state index contributed by atoms with van der Waals surface area (Å²) in [6.45, 7) is 44.9. The Kier molecular flexibility index (Phi) is 15.5. The van der Waals surface area contributed by atoms with Gasteiger partial charge >= 0.3 is 454 Å². The summed E-state index contributed by atoms with van der Waals surface area (Å²) in [5.41, 5.74) is 19.0. The molecule has 0 saturated carbocycles. The van der Waals surface area contributed by atoms with Gasteiger partial charge in [-0.3, -0.25) is 0 Å². The second-order valence-electron chi connectivity index (χ2n) is 26.5. The van der Waals surface area contributed by atoms with E-state index in [4.69, 9.17) is 0 Å². The van der Waals surface area contributed by atoms with Crippen molar-refractivity contribution in [2.75, 3.05) is 0 Å². The van der Waals surface area contributed by atoms with Crippen LogP contribution in [0.25, 0.3) is 56.7 Å². The number of benzene rings is 6. The third kappa shape index (κ3) is 10.1. The molecule has 0 aromatic heterocycles. The molecule has 0 nitrogen and oxygen atoms in total. The topological polar surface area (TPSA) is 0 Å². The van der Waals surface area contributed by atoms with Gasteiger partial charge in [-0.15, -0.1) is 0 Å². The summed E-state index contributed by atoms with van der Waals surface area (Å²) in [6.07, 6.45) is 7.36. The molecule has 4 unspecified atom stereocenters. The molecule has 72 heavy (non-hydrogen) atoms. The summed E-state index contributed by atoms with van der Waals surface area (Å²) in [5, 5.41) is 6.14. The molecule has 0 fully saturated rings. The Morgan fingerprint density at radius 1 is 0.444 bits per heavy atom. The first kappa shape index (κ1) is 55.6. The van der Waals surface area contributed by atoms with Crippen LogP contribution in [0.15, 0.2) is 132 Å². The van der Waals surface area contributed by atoms with Gasteiger partial charge < -0.3 is 0 Å². The van der Waals surface area contributed by atoms with E-state index >= 15 is 0 Å². The summed E-state index contributed by atoms with van der Waals surface area (Å²) >= 11 is -5.32. The zero-order valence-corrected chi connectivity index (χ0v) is 56.4. The summed E-state index contributed by atoms with van der Waals surface area (Å²) in [4.78, 5) is 0. The molecule has 0 saturated heterocycles. The van der Waals surface area contributed by atoms with E-state index < -0.39 is 53.8 Å². The maximum atomic E-state index is 9.42. The van der Waals surface area contributed by atoms with Gasteiger partial charge in [0.25, 0.3) is 0 Å². The zero-order chi connectivity index (χ0) is 52.7. The van der Waals surface area contributed by atoms with Gasteiger partial charge in [0.1, 0.15) is 0 Å². The number of halogens is 2. The van der Waals surface area contributed by atoms with Crippen LogP contribution in [0, 0.1) is 11.8 Å². The fraction of sp³-hybridized carbons (Fsp3) is 0.375. The molecule has 0 amide bonds. The molecular formula is C64H85Cl2Si5Zr. The van der Waals surface area contributed by atoms with Crippen LogP contribution < -0.4 is 20.7 Å². The van der Waals surface area contributed by atoms with Crippen molar-refractivity contribution in [3.8, 4) is 44.5 Å². The Labute approximate surface area is 450 Å². The van der Waals surface area contributed by atoms with Crippen LogP contribution in [0.4, 0.5) is 0 Å². The summed E-state index contributed by atoms with van der Waals surface area (Å²) < 4.78 is -0.0260. The third-order valence-corrected chi connectivity index (χ3v) is 76.9. The SMILES string of the molecule is CCC(C)C1=Cc2c(ccc(-c3ccccc3)c2-c2cc([Si](C)(C)C)cc([Si](C)(C)C)c2)[CH]1[Zr]([Cl])([Cl])([CH]1C(C(C)CC)=Cc2c1ccc(-c1ccccc1)c2-c1cc([Si](C)(C)C)cc([Si](C)(C)C)c1)[SiH](C)C. The van der Waals surface area contributed by atoms with E-state index in [0.717, 1.165) is 12.8 Å². The van der Waals surface area contributed by atoms with E-state index in [1.807, 2.05) is 0 Å². The number of rotatable bonds is 15. The molecule has 2 aliphatic rings. The van der Waals surface area contributed by atoms with Crippen LogP contribution in [0.5, 0.6) is 0 Å². The Bertz CT molecular complexity index is 2820. The minimum atomic E-state index is -5.32. The molecule has 379 valence electrons. The number of allylic oxidation sites excluding steroid dienone is 2. The Morgan fingerprint density at radius 2 is 0.750 bits per heavy atom. The predicted octanol–water partition coefficient (Wildman–Crippen LogP) is 18.2. The first-order valence-electron chi connectivity index (χ1n) is 27.3. The van der Waals surface area contributed by atoms with Crippen LogP contribution in [0.2, 0.25) is 91.7 Å². The van der Waals surface area contributed by atoms with Crippen LogP contribution in [-0.2, 0) is 15.6 Å². The van der Waals surface area contributed by atoms with Crippen molar-refractivity contribution in [2.24, 2.45) is 11.8 Å². The Hall–Kier alpha value is -2.65. The molecule has 0 radical (unpaired) electrons. The van der Waals surface area contributed by atoms with E-state index in [0.29, 0.717) is 11.8 Å². The normalized spacial score (nSPS) is 17.8. The molecule has 6 aromatic carbocycles. The van der Waals surface area contributed by atoms with Crippen molar-refractivity contribution in [3.63, 3.8) is 0 Å². The molecule has 4 atom stereocenters. The van der Waals surface area contributed by atoms with Gasteiger partial charge in [-0.2, -0.15) is 0 Å². The molecule has 0 bridgehead atoms.